The number of nitrogens with one attached hydrogen (secondary N) is 1. The van der Waals surface area contributed by atoms with Gasteiger partial charge in [-0.25, -0.2) is 0 Å². The molecule has 1 N–H and O–H groups in total. The fourth-order valence-corrected chi connectivity index (χ4v) is 2.00. The van der Waals surface area contributed by atoms with E-state index in [0.29, 0.717) is 19.2 Å². The second-order valence-electron chi connectivity index (χ2n) is 4.42. The monoisotopic (exact) mass is 268 g/mol. The summed E-state index contributed by atoms with van der Waals surface area (Å²) in [6, 6.07) is 16.2. The van der Waals surface area contributed by atoms with Gasteiger partial charge in [0.1, 0.15) is 11.3 Å². The van der Waals surface area contributed by atoms with Gasteiger partial charge in [0.2, 0.25) is 0 Å². The van der Waals surface area contributed by atoms with Crippen molar-refractivity contribution < 1.29 is 9.15 Å². The molecule has 0 radical (unpaired) electrons. The molecule has 4 nitrogen and oxygen atoms in total. The molecular weight excluding hydrogens is 252 g/mol. The van der Waals surface area contributed by atoms with E-state index in [-0.39, 0.29) is 0 Å². The Morgan fingerprint density at radius 2 is 1.90 bits per heavy atom. The van der Waals surface area contributed by atoms with Crippen molar-refractivity contribution in [3.05, 3.63) is 54.1 Å². The lowest BCUT2D eigenvalue weighted by atomic mass is 10.2. The van der Waals surface area contributed by atoms with E-state index in [2.05, 4.69) is 10.3 Å². The molecular formula is C16H16N2O2. The first-order chi connectivity index (χ1) is 9.85. The summed E-state index contributed by atoms with van der Waals surface area (Å²) < 4.78 is 11.0. The molecule has 0 aliphatic heterocycles. The summed E-state index contributed by atoms with van der Waals surface area (Å²) in [7, 11) is 0. The Morgan fingerprint density at radius 3 is 2.65 bits per heavy atom. The molecule has 0 atom stereocenters. The van der Waals surface area contributed by atoms with E-state index in [0.717, 1.165) is 22.4 Å². The smallest absolute Gasteiger partial charge is 0.295 e. The number of fused-ring (bicyclic) bond motifs is 1. The first-order valence-electron chi connectivity index (χ1n) is 6.66. The minimum atomic E-state index is 0.542. The van der Waals surface area contributed by atoms with E-state index in [1.807, 2.05) is 55.5 Å². The number of benzene rings is 2. The number of nitrogens with zero attached hydrogens (tertiary/aromatic N) is 1. The molecule has 1 heterocycles. The maximum absolute atomic E-state index is 5.61. The Balaban J connectivity index is 1.66. The van der Waals surface area contributed by atoms with Gasteiger partial charge in [-0.3, -0.25) is 0 Å². The van der Waals surface area contributed by atoms with E-state index in [4.69, 9.17) is 9.15 Å². The zero-order valence-electron chi connectivity index (χ0n) is 11.3. The Labute approximate surface area is 117 Å². The predicted molar refractivity (Wildman–Crippen MR) is 78.9 cm³/mol. The third-order valence-electron chi connectivity index (χ3n) is 2.97. The third-order valence-corrected chi connectivity index (χ3v) is 2.97. The van der Waals surface area contributed by atoms with Crippen LogP contribution in [0.15, 0.2) is 52.9 Å². The number of oxazole rings is 1. The van der Waals surface area contributed by atoms with Crippen LogP contribution in [0.25, 0.3) is 11.1 Å². The highest BCUT2D eigenvalue weighted by Gasteiger charge is 2.04. The molecule has 102 valence electrons. The molecule has 4 heteroatoms. The zero-order chi connectivity index (χ0) is 13.8. The van der Waals surface area contributed by atoms with Crippen molar-refractivity contribution in [2.45, 2.75) is 13.5 Å². The molecule has 3 aromatic rings. The Hall–Kier alpha value is -2.49. The van der Waals surface area contributed by atoms with Crippen LogP contribution in [0.2, 0.25) is 0 Å². The third kappa shape index (κ3) is 2.74. The van der Waals surface area contributed by atoms with Crippen molar-refractivity contribution in [3.8, 4) is 5.75 Å². The van der Waals surface area contributed by atoms with Crippen LogP contribution in [0, 0.1) is 0 Å². The van der Waals surface area contributed by atoms with Crippen LogP contribution >= 0.6 is 0 Å². The minimum Gasteiger partial charge on any atom is -0.494 e. The first kappa shape index (κ1) is 12.5. The highest BCUT2D eigenvalue weighted by Crippen LogP contribution is 2.19. The quantitative estimate of drug-likeness (QED) is 0.763. The van der Waals surface area contributed by atoms with Crippen molar-refractivity contribution in [2.24, 2.45) is 0 Å². The van der Waals surface area contributed by atoms with Gasteiger partial charge in [0, 0.05) is 6.54 Å². The standard InChI is InChI=1S/C16H16N2O2/c1-2-19-13-9-7-12(8-10-13)11-17-16-18-14-5-3-4-6-15(14)20-16/h3-10H,2,11H2,1H3,(H,17,18). The Bertz CT molecular complexity index is 656. The summed E-state index contributed by atoms with van der Waals surface area (Å²) in [6.45, 7) is 3.32. The second kappa shape index (κ2) is 5.65. The van der Waals surface area contributed by atoms with Gasteiger partial charge >= 0.3 is 0 Å². The number of anilines is 1. The molecule has 0 amide bonds. The predicted octanol–water partition coefficient (Wildman–Crippen LogP) is 3.84. The van der Waals surface area contributed by atoms with Crippen LogP contribution in [-0.4, -0.2) is 11.6 Å². The largest absolute Gasteiger partial charge is 0.494 e. The number of aromatic nitrogens is 1. The van der Waals surface area contributed by atoms with Gasteiger partial charge in [0.15, 0.2) is 5.58 Å². The van der Waals surface area contributed by atoms with E-state index in [1.54, 1.807) is 0 Å². The number of rotatable bonds is 5. The van der Waals surface area contributed by atoms with Gasteiger partial charge in [-0.15, -0.1) is 0 Å². The number of ether oxygens (including phenoxy) is 1. The average Bonchev–Trinajstić information content (AvgIpc) is 2.90. The minimum absolute atomic E-state index is 0.542. The van der Waals surface area contributed by atoms with Crippen molar-refractivity contribution >= 4 is 17.1 Å². The van der Waals surface area contributed by atoms with E-state index in [9.17, 15) is 0 Å². The van der Waals surface area contributed by atoms with Gasteiger partial charge in [-0.05, 0) is 36.8 Å². The molecule has 2 aromatic carbocycles. The summed E-state index contributed by atoms with van der Waals surface area (Å²) in [6.07, 6.45) is 0. The number of para-hydroxylation sites is 2. The maximum atomic E-state index is 5.61. The van der Waals surface area contributed by atoms with Crippen LogP contribution < -0.4 is 10.1 Å². The van der Waals surface area contributed by atoms with Crippen molar-refractivity contribution in [2.75, 3.05) is 11.9 Å². The molecule has 0 bridgehead atoms. The molecule has 0 unspecified atom stereocenters. The van der Waals surface area contributed by atoms with Gasteiger partial charge in [-0.2, -0.15) is 4.98 Å². The zero-order valence-corrected chi connectivity index (χ0v) is 11.3. The van der Waals surface area contributed by atoms with E-state index >= 15 is 0 Å². The topological polar surface area (TPSA) is 47.3 Å². The van der Waals surface area contributed by atoms with Gasteiger partial charge < -0.3 is 14.5 Å². The summed E-state index contributed by atoms with van der Waals surface area (Å²) in [5, 5.41) is 3.18. The molecule has 0 fully saturated rings. The van der Waals surface area contributed by atoms with Crippen LogP contribution in [0.3, 0.4) is 0 Å². The molecule has 0 saturated heterocycles. The first-order valence-corrected chi connectivity index (χ1v) is 6.66. The van der Waals surface area contributed by atoms with Crippen LogP contribution in [0.4, 0.5) is 6.01 Å². The van der Waals surface area contributed by atoms with E-state index in [1.165, 1.54) is 0 Å². The number of hydrogen-bond acceptors (Lipinski definition) is 4. The fraction of sp³-hybridized carbons (Fsp3) is 0.188. The normalized spacial score (nSPS) is 10.7. The lowest BCUT2D eigenvalue weighted by molar-refractivity contribution is 0.340. The maximum Gasteiger partial charge on any atom is 0.295 e. The molecule has 0 spiro atoms. The molecule has 0 aliphatic carbocycles. The summed E-state index contributed by atoms with van der Waals surface area (Å²) >= 11 is 0. The Morgan fingerprint density at radius 1 is 1.10 bits per heavy atom. The fourth-order valence-electron chi connectivity index (χ4n) is 2.00. The van der Waals surface area contributed by atoms with Crippen LogP contribution in [-0.2, 0) is 6.54 Å². The molecule has 0 aliphatic rings. The number of hydrogen-bond donors (Lipinski definition) is 1. The van der Waals surface area contributed by atoms with Crippen LogP contribution in [0.1, 0.15) is 12.5 Å². The summed E-state index contributed by atoms with van der Waals surface area (Å²) in [5.74, 6) is 0.887. The molecule has 3 rings (SSSR count). The SMILES string of the molecule is CCOc1ccc(CNc2nc3ccccc3o2)cc1. The highest BCUT2D eigenvalue weighted by atomic mass is 16.5. The molecule has 0 saturated carbocycles. The lowest BCUT2D eigenvalue weighted by Gasteiger charge is -2.05. The van der Waals surface area contributed by atoms with Crippen molar-refractivity contribution in [3.63, 3.8) is 0 Å². The van der Waals surface area contributed by atoms with Gasteiger partial charge in [0.25, 0.3) is 6.01 Å². The lowest BCUT2D eigenvalue weighted by Crippen LogP contribution is -1.99. The van der Waals surface area contributed by atoms with E-state index < -0.39 is 0 Å². The van der Waals surface area contributed by atoms with Crippen molar-refractivity contribution in [1.82, 2.24) is 4.98 Å². The summed E-state index contributed by atoms with van der Waals surface area (Å²) in [4.78, 5) is 4.37. The van der Waals surface area contributed by atoms with Gasteiger partial charge in [-0.1, -0.05) is 24.3 Å². The van der Waals surface area contributed by atoms with Crippen LogP contribution in [0.5, 0.6) is 5.75 Å². The molecule has 20 heavy (non-hydrogen) atoms. The second-order valence-corrected chi connectivity index (χ2v) is 4.42. The average molecular weight is 268 g/mol. The van der Waals surface area contributed by atoms with Gasteiger partial charge in [0.05, 0.1) is 6.61 Å². The van der Waals surface area contributed by atoms with Crippen molar-refractivity contribution in [1.29, 1.82) is 0 Å². The highest BCUT2D eigenvalue weighted by molar-refractivity contribution is 5.74. The summed E-state index contributed by atoms with van der Waals surface area (Å²) in [5.41, 5.74) is 2.80. The Kier molecular flexibility index (Phi) is 3.54. The molecule has 1 aromatic heterocycles.